The number of hydrogen-bond donors (Lipinski definition) is 1. The highest BCUT2D eigenvalue weighted by atomic mass is 16.2. The highest BCUT2D eigenvalue weighted by Crippen LogP contribution is 2.07. The molecule has 6 nitrogen and oxygen atoms in total. The lowest BCUT2D eigenvalue weighted by Gasteiger charge is -1.99. The topological polar surface area (TPSA) is 78.2 Å². The van der Waals surface area contributed by atoms with Crippen molar-refractivity contribution in [2.24, 2.45) is 5.10 Å². The maximum absolute atomic E-state index is 12.5. The van der Waals surface area contributed by atoms with Gasteiger partial charge in [0.25, 0.3) is 0 Å². The number of aromatic nitrogens is 3. The van der Waals surface area contributed by atoms with Crippen LogP contribution in [-0.4, -0.2) is 20.7 Å². The highest BCUT2D eigenvalue weighted by Gasteiger charge is 2.10. The average molecular weight is 307 g/mol. The third-order valence-electron chi connectivity index (χ3n) is 3.45. The van der Waals surface area contributed by atoms with Gasteiger partial charge in [0.2, 0.25) is 0 Å². The van der Waals surface area contributed by atoms with E-state index < -0.39 is 0 Å². The Balaban J connectivity index is 1.96. The quantitative estimate of drug-likeness (QED) is 0.594. The van der Waals surface area contributed by atoms with Crippen molar-refractivity contribution in [3.05, 3.63) is 76.0 Å². The number of rotatable bonds is 3. The van der Waals surface area contributed by atoms with Crippen LogP contribution in [0.15, 0.2) is 58.4 Å². The minimum atomic E-state index is -0.307. The van der Waals surface area contributed by atoms with Crippen LogP contribution in [0.1, 0.15) is 17.0 Å². The Labute approximate surface area is 133 Å². The van der Waals surface area contributed by atoms with E-state index >= 15 is 0 Å². The third kappa shape index (κ3) is 3.06. The molecule has 0 aliphatic rings. The molecule has 0 unspecified atom stereocenters. The predicted molar refractivity (Wildman–Crippen MR) is 91.1 cm³/mol. The molecule has 0 bridgehead atoms. The number of nitrogens with zero attached hydrogens (tertiary/aromatic N) is 4. The zero-order valence-corrected chi connectivity index (χ0v) is 13.0. The Hall–Kier alpha value is -3.15. The molecule has 0 fully saturated rings. The summed E-state index contributed by atoms with van der Waals surface area (Å²) in [6.07, 6.45) is 1.61. The van der Waals surface area contributed by atoms with Crippen LogP contribution in [0.5, 0.6) is 0 Å². The monoisotopic (exact) mass is 307 g/mol. The Morgan fingerprint density at radius 3 is 2.35 bits per heavy atom. The summed E-state index contributed by atoms with van der Waals surface area (Å²) in [7, 11) is 0. The van der Waals surface area contributed by atoms with Crippen LogP contribution in [0, 0.1) is 13.8 Å². The maximum atomic E-state index is 12.5. The van der Waals surface area contributed by atoms with Crippen LogP contribution >= 0.6 is 0 Å². The van der Waals surface area contributed by atoms with E-state index in [-0.39, 0.29) is 5.69 Å². The summed E-state index contributed by atoms with van der Waals surface area (Å²) in [6, 6.07) is 14.8. The van der Waals surface area contributed by atoms with Crippen molar-refractivity contribution in [3.8, 4) is 5.69 Å². The van der Waals surface area contributed by atoms with E-state index in [2.05, 4.69) is 10.2 Å². The van der Waals surface area contributed by atoms with Crippen LogP contribution in [0.25, 0.3) is 5.69 Å². The third-order valence-corrected chi connectivity index (χ3v) is 3.45. The first kappa shape index (κ1) is 14.8. The summed E-state index contributed by atoms with van der Waals surface area (Å²) < 4.78 is 2.62. The number of benzene rings is 2. The van der Waals surface area contributed by atoms with E-state index in [0.29, 0.717) is 17.2 Å². The summed E-state index contributed by atoms with van der Waals surface area (Å²) in [5.74, 6) is 0.516. The number of nitrogens with two attached hydrogens (primary N) is 1. The van der Waals surface area contributed by atoms with Gasteiger partial charge in [-0.15, -0.1) is 5.10 Å². The molecule has 2 aromatic carbocycles. The molecule has 23 heavy (non-hydrogen) atoms. The second-order valence-electron chi connectivity index (χ2n) is 5.30. The van der Waals surface area contributed by atoms with Crippen LogP contribution in [0.4, 0.5) is 5.69 Å². The molecule has 0 amide bonds. The molecule has 1 aromatic heterocycles. The van der Waals surface area contributed by atoms with E-state index in [1.165, 1.54) is 9.36 Å². The minimum Gasteiger partial charge on any atom is -0.399 e. The van der Waals surface area contributed by atoms with Crippen LogP contribution in [0.3, 0.4) is 0 Å². The summed E-state index contributed by atoms with van der Waals surface area (Å²) in [5.41, 5.74) is 8.72. The zero-order chi connectivity index (χ0) is 16.4. The molecule has 0 saturated heterocycles. The maximum Gasteiger partial charge on any atom is 0.371 e. The molecule has 0 aliphatic heterocycles. The highest BCUT2D eigenvalue weighted by molar-refractivity contribution is 5.80. The lowest BCUT2D eigenvalue weighted by atomic mass is 10.2. The lowest BCUT2D eigenvalue weighted by Crippen LogP contribution is -2.21. The van der Waals surface area contributed by atoms with Gasteiger partial charge in [-0.05, 0) is 43.7 Å². The Kier molecular flexibility index (Phi) is 3.80. The van der Waals surface area contributed by atoms with Crippen LogP contribution in [0.2, 0.25) is 0 Å². The molecule has 6 heteroatoms. The van der Waals surface area contributed by atoms with Gasteiger partial charge >= 0.3 is 5.69 Å². The lowest BCUT2D eigenvalue weighted by molar-refractivity contribution is 0.778. The van der Waals surface area contributed by atoms with Crippen molar-refractivity contribution in [3.63, 3.8) is 0 Å². The number of aryl methyl sites for hydroxylation is 2. The van der Waals surface area contributed by atoms with Gasteiger partial charge in [0.1, 0.15) is 0 Å². The second kappa shape index (κ2) is 5.92. The molecule has 0 radical (unpaired) electrons. The summed E-state index contributed by atoms with van der Waals surface area (Å²) in [6.45, 7) is 3.74. The SMILES string of the molecule is Cc1ccc(-n2nc(C)n(/N=C/c3ccc(N)cc3)c2=O)cc1. The molecule has 3 aromatic rings. The molecule has 0 atom stereocenters. The van der Waals surface area contributed by atoms with Gasteiger partial charge < -0.3 is 5.73 Å². The Bertz CT molecular complexity index is 902. The van der Waals surface area contributed by atoms with Crippen molar-refractivity contribution in [1.29, 1.82) is 0 Å². The summed E-state index contributed by atoms with van der Waals surface area (Å²) in [4.78, 5) is 12.5. The fraction of sp³-hybridized carbons (Fsp3) is 0.118. The van der Waals surface area contributed by atoms with Gasteiger partial charge in [-0.1, -0.05) is 29.8 Å². The van der Waals surface area contributed by atoms with Crippen molar-refractivity contribution >= 4 is 11.9 Å². The van der Waals surface area contributed by atoms with Gasteiger partial charge in [-0.2, -0.15) is 14.5 Å². The van der Waals surface area contributed by atoms with Crippen molar-refractivity contribution in [2.45, 2.75) is 13.8 Å². The molecule has 3 rings (SSSR count). The van der Waals surface area contributed by atoms with Crippen LogP contribution in [-0.2, 0) is 0 Å². The minimum absolute atomic E-state index is 0.307. The molecule has 116 valence electrons. The van der Waals surface area contributed by atoms with E-state index in [1.54, 1.807) is 25.3 Å². The van der Waals surface area contributed by atoms with Gasteiger partial charge in [-0.3, -0.25) is 0 Å². The summed E-state index contributed by atoms with van der Waals surface area (Å²) in [5, 5.41) is 8.49. The standard InChI is InChI=1S/C17H17N5O/c1-12-3-9-16(10-4-12)22-17(23)21(13(2)20-22)19-11-14-5-7-15(18)8-6-14/h3-11H,18H2,1-2H3/b19-11+. The number of anilines is 1. The average Bonchev–Trinajstić information content (AvgIpc) is 2.82. The Morgan fingerprint density at radius 2 is 1.70 bits per heavy atom. The molecule has 1 heterocycles. The van der Waals surface area contributed by atoms with Crippen molar-refractivity contribution < 1.29 is 0 Å². The molecular weight excluding hydrogens is 290 g/mol. The van der Waals surface area contributed by atoms with E-state index in [9.17, 15) is 4.79 Å². The molecule has 0 spiro atoms. The van der Waals surface area contributed by atoms with Gasteiger partial charge in [-0.25, -0.2) is 4.79 Å². The smallest absolute Gasteiger partial charge is 0.371 e. The fourth-order valence-corrected chi connectivity index (χ4v) is 2.15. The van der Waals surface area contributed by atoms with Gasteiger partial charge in [0.15, 0.2) is 5.82 Å². The van der Waals surface area contributed by atoms with E-state index in [4.69, 9.17) is 5.73 Å². The second-order valence-corrected chi connectivity index (χ2v) is 5.30. The molecular formula is C17H17N5O. The van der Waals surface area contributed by atoms with Crippen LogP contribution < -0.4 is 11.4 Å². The van der Waals surface area contributed by atoms with E-state index in [1.807, 2.05) is 43.3 Å². The van der Waals surface area contributed by atoms with Crippen molar-refractivity contribution in [1.82, 2.24) is 14.5 Å². The normalized spacial score (nSPS) is 11.2. The predicted octanol–water partition coefficient (Wildman–Crippen LogP) is 2.12. The molecule has 2 N–H and O–H groups in total. The van der Waals surface area contributed by atoms with Crippen molar-refractivity contribution in [2.75, 3.05) is 5.73 Å². The number of nitrogen functional groups attached to an aromatic ring is 1. The summed E-state index contributed by atoms with van der Waals surface area (Å²) >= 11 is 0. The Morgan fingerprint density at radius 1 is 1.04 bits per heavy atom. The first-order valence-electron chi connectivity index (χ1n) is 7.20. The van der Waals surface area contributed by atoms with Gasteiger partial charge in [0, 0.05) is 5.69 Å². The molecule has 0 saturated carbocycles. The van der Waals surface area contributed by atoms with Gasteiger partial charge in [0.05, 0.1) is 11.9 Å². The fourth-order valence-electron chi connectivity index (χ4n) is 2.15. The van der Waals surface area contributed by atoms with E-state index in [0.717, 1.165) is 11.1 Å². The first-order chi connectivity index (χ1) is 11.0. The molecule has 0 aliphatic carbocycles. The first-order valence-corrected chi connectivity index (χ1v) is 7.20. The number of hydrogen-bond acceptors (Lipinski definition) is 4. The largest absolute Gasteiger partial charge is 0.399 e. The zero-order valence-electron chi connectivity index (χ0n) is 13.0.